The Labute approximate surface area is 136 Å². The van der Waals surface area contributed by atoms with Crippen LogP contribution in [0.4, 0.5) is 5.69 Å². The third-order valence-corrected chi connectivity index (χ3v) is 2.99. The smallest absolute Gasteiger partial charge is 0.335 e. The topological polar surface area (TPSA) is 84.9 Å². The third-order valence-electron chi connectivity index (χ3n) is 2.99. The van der Waals surface area contributed by atoms with E-state index in [9.17, 15) is 9.59 Å². The summed E-state index contributed by atoms with van der Waals surface area (Å²) in [5, 5.41) is 11.7. The summed E-state index contributed by atoms with van der Waals surface area (Å²) in [7, 11) is 0. The monoisotopic (exact) mass is 323 g/mol. The zero-order valence-corrected chi connectivity index (χ0v) is 13.9. The summed E-state index contributed by atoms with van der Waals surface area (Å²) in [5.74, 6) is -0.964. The zero-order valence-electron chi connectivity index (χ0n) is 13.9. The van der Waals surface area contributed by atoms with Crippen molar-refractivity contribution in [3.8, 4) is 5.75 Å². The molecular formula is C17H25NO5. The van der Waals surface area contributed by atoms with Gasteiger partial charge in [0, 0.05) is 6.61 Å². The van der Waals surface area contributed by atoms with Crippen LogP contribution in [-0.4, -0.2) is 36.3 Å². The first kappa shape index (κ1) is 19.0. The van der Waals surface area contributed by atoms with Crippen molar-refractivity contribution < 1.29 is 24.2 Å². The largest absolute Gasteiger partial charge is 0.489 e. The highest BCUT2D eigenvalue weighted by molar-refractivity contribution is 5.96. The van der Waals surface area contributed by atoms with Crippen LogP contribution in [0.2, 0.25) is 0 Å². The van der Waals surface area contributed by atoms with Gasteiger partial charge in [-0.05, 0) is 38.5 Å². The van der Waals surface area contributed by atoms with E-state index in [-0.39, 0.29) is 24.2 Å². The highest BCUT2D eigenvalue weighted by Gasteiger charge is 2.13. The van der Waals surface area contributed by atoms with Gasteiger partial charge in [-0.25, -0.2) is 4.79 Å². The fraction of sp³-hybridized carbons (Fsp3) is 0.529. The first-order valence-electron chi connectivity index (χ1n) is 7.85. The number of hydrogen-bond donors (Lipinski definition) is 2. The average molecular weight is 323 g/mol. The number of carbonyl (C=O) groups excluding carboxylic acids is 1. The molecule has 0 unspecified atom stereocenters. The summed E-state index contributed by atoms with van der Waals surface area (Å²) in [6, 6.07) is 4.37. The lowest BCUT2D eigenvalue weighted by atomic mass is 10.2. The number of benzene rings is 1. The van der Waals surface area contributed by atoms with Crippen molar-refractivity contribution in [1.29, 1.82) is 0 Å². The van der Waals surface area contributed by atoms with Crippen LogP contribution in [0.5, 0.6) is 5.75 Å². The van der Waals surface area contributed by atoms with Gasteiger partial charge in [-0.3, -0.25) is 4.79 Å². The van der Waals surface area contributed by atoms with E-state index in [1.54, 1.807) is 6.07 Å². The minimum atomic E-state index is -1.06. The van der Waals surface area contributed by atoms with Gasteiger partial charge in [0.1, 0.15) is 12.4 Å². The summed E-state index contributed by atoms with van der Waals surface area (Å²) in [6.45, 7) is 6.27. The van der Waals surface area contributed by atoms with E-state index < -0.39 is 5.97 Å². The molecule has 0 spiro atoms. The first-order valence-corrected chi connectivity index (χ1v) is 7.85. The van der Waals surface area contributed by atoms with Crippen molar-refractivity contribution in [2.75, 3.05) is 18.5 Å². The minimum Gasteiger partial charge on any atom is -0.489 e. The number of amides is 1. The van der Waals surface area contributed by atoms with E-state index in [1.165, 1.54) is 12.1 Å². The Morgan fingerprint density at radius 1 is 1.26 bits per heavy atom. The number of ether oxygens (including phenoxy) is 2. The molecule has 1 aromatic carbocycles. The van der Waals surface area contributed by atoms with E-state index in [0.717, 1.165) is 19.3 Å². The second-order valence-electron chi connectivity index (χ2n) is 5.49. The zero-order chi connectivity index (χ0) is 17.2. The quantitative estimate of drug-likeness (QED) is 0.645. The molecule has 1 rings (SSSR count). The summed E-state index contributed by atoms with van der Waals surface area (Å²) >= 11 is 0. The van der Waals surface area contributed by atoms with Crippen molar-refractivity contribution in [2.45, 2.75) is 46.1 Å². The van der Waals surface area contributed by atoms with Crippen molar-refractivity contribution >= 4 is 17.6 Å². The summed E-state index contributed by atoms with van der Waals surface area (Å²) in [4.78, 5) is 23.0. The number of aromatic carboxylic acids is 1. The first-order chi connectivity index (χ1) is 10.9. The standard InChI is InChI=1S/C17H25NO5/c1-4-5-6-9-22-11-16(19)18-14-10-13(17(20)21)7-8-15(14)23-12(2)3/h7-8,10,12H,4-6,9,11H2,1-3H3,(H,18,19)(H,20,21). The maximum atomic E-state index is 11.9. The van der Waals surface area contributed by atoms with Gasteiger partial charge in [0.05, 0.1) is 17.4 Å². The molecule has 1 aromatic rings. The number of rotatable bonds is 10. The Morgan fingerprint density at radius 3 is 2.61 bits per heavy atom. The lowest BCUT2D eigenvalue weighted by Crippen LogP contribution is -2.20. The van der Waals surface area contributed by atoms with Crippen LogP contribution < -0.4 is 10.1 Å². The molecule has 0 aliphatic rings. The van der Waals surface area contributed by atoms with Gasteiger partial charge in [-0.1, -0.05) is 19.8 Å². The SMILES string of the molecule is CCCCCOCC(=O)Nc1cc(C(=O)O)ccc1OC(C)C. The van der Waals surface area contributed by atoms with Crippen LogP contribution in [0.1, 0.15) is 50.4 Å². The van der Waals surface area contributed by atoms with E-state index in [2.05, 4.69) is 12.2 Å². The fourth-order valence-corrected chi connectivity index (χ4v) is 1.92. The molecule has 0 atom stereocenters. The van der Waals surface area contributed by atoms with E-state index in [4.69, 9.17) is 14.6 Å². The Kier molecular flexibility index (Phi) is 8.11. The molecule has 128 valence electrons. The van der Waals surface area contributed by atoms with Crippen LogP contribution in [0.3, 0.4) is 0 Å². The molecule has 6 nitrogen and oxygen atoms in total. The Bertz CT molecular complexity index is 528. The molecule has 2 N–H and O–H groups in total. The fourth-order valence-electron chi connectivity index (χ4n) is 1.92. The van der Waals surface area contributed by atoms with Crippen molar-refractivity contribution in [3.63, 3.8) is 0 Å². The predicted octanol–water partition coefficient (Wildman–Crippen LogP) is 3.32. The van der Waals surface area contributed by atoms with Crippen LogP contribution in [-0.2, 0) is 9.53 Å². The van der Waals surface area contributed by atoms with Crippen LogP contribution >= 0.6 is 0 Å². The van der Waals surface area contributed by atoms with Gasteiger partial charge in [0.25, 0.3) is 0 Å². The van der Waals surface area contributed by atoms with Crippen LogP contribution in [0, 0.1) is 0 Å². The van der Waals surface area contributed by atoms with Crippen molar-refractivity contribution in [3.05, 3.63) is 23.8 Å². The van der Waals surface area contributed by atoms with Crippen LogP contribution in [0.15, 0.2) is 18.2 Å². The molecule has 0 aliphatic heterocycles. The molecule has 23 heavy (non-hydrogen) atoms. The number of nitrogens with one attached hydrogen (secondary N) is 1. The molecule has 6 heteroatoms. The normalized spacial score (nSPS) is 10.6. The minimum absolute atomic E-state index is 0.0673. The summed E-state index contributed by atoms with van der Waals surface area (Å²) < 4.78 is 10.9. The highest BCUT2D eigenvalue weighted by Crippen LogP contribution is 2.27. The van der Waals surface area contributed by atoms with Gasteiger partial charge in [0.2, 0.25) is 5.91 Å². The Balaban J connectivity index is 2.69. The molecule has 0 aromatic heterocycles. The van der Waals surface area contributed by atoms with Gasteiger partial charge in [-0.2, -0.15) is 0 Å². The highest BCUT2D eigenvalue weighted by atomic mass is 16.5. The molecule has 0 bridgehead atoms. The second-order valence-corrected chi connectivity index (χ2v) is 5.49. The molecule has 0 heterocycles. The number of hydrogen-bond acceptors (Lipinski definition) is 4. The number of unbranched alkanes of at least 4 members (excludes halogenated alkanes) is 2. The molecule has 0 fully saturated rings. The van der Waals surface area contributed by atoms with E-state index in [0.29, 0.717) is 18.0 Å². The number of carbonyl (C=O) groups is 2. The molecule has 0 radical (unpaired) electrons. The molecular weight excluding hydrogens is 298 g/mol. The molecule has 0 saturated heterocycles. The van der Waals surface area contributed by atoms with Crippen LogP contribution in [0.25, 0.3) is 0 Å². The maximum Gasteiger partial charge on any atom is 0.335 e. The van der Waals surface area contributed by atoms with E-state index in [1.807, 2.05) is 13.8 Å². The summed E-state index contributed by atoms with van der Waals surface area (Å²) in [5.41, 5.74) is 0.418. The molecule has 0 saturated carbocycles. The Morgan fingerprint density at radius 2 is 2.00 bits per heavy atom. The molecule has 0 aliphatic carbocycles. The number of carboxylic acid groups (broad SMARTS) is 1. The average Bonchev–Trinajstić information content (AvgIpc) is 2.48. The van der Waals surface area contributed by atoms with Gasteiger partial charge in [-0.15, -0.1) is 0 Å². The van der Waals surface area contributed by atoms with Crippen molar-refractivity contribution in [2.24, 2.45) is 0 Å². The number of anilines is 1. The molecule has 1 amide bonds. The third kappa shape index (κ3) is 7.15. The van der Waals surface area contributed by atoms with Gasteiger partial charge in [0.15, 0.2) is 0 Å². The van der Waals surface area contributed by atoms with Crippen molar-refractivity contribution in [1.82, 2.24) is 0 Å². The number of carboxylic acids is 1. The summed E-state index contributed by atoms with van der Waals surface area (Å²) in [6.07, 6.45) is 2.98. The Hall–Kier alpha value is -2.08. The van der Waals surface area contributed by atoms with E-state index >= 15 is 0 Å². The predicted molar refractivity (Wildman–Crippen MR) is 88.1 cm³/mol. The van der Waals surface area contributed by atoms with Gasteiger partial charge >= 0.3 is 5.97 Å². The lowest BCUT2D eigenvalue weighted by molar-refractivity contribution is -0.120. The second kappa shape index (κ2) is 9.84. The van der Waals surface area contributed by atoms with Gasteiger partial charge < -0.3 is 19.9 Å². The lowest BCUT2D eigenvalue weighted by Gasteiger charge is -2.15. The maximum absolute atomic E-state index is 11.9.